The van der Waals surface area contributed by atoms with Gasteiger partial charge in [0, 0.05) is 0 Å². The van der Waals surface area contributed by atoms with E-state index < -0.39 is 111 Å². The highest BCUT2D eigenvalue weighted by Crippen LogP contribution is 2.52. The van der Waals surface area contributed by atoms with E-state index in [1.165, 1.54) is 0 Å². The van der Waals surface area contributed by atoms with Gasteiger partial charge in [0.05, 0.1) is 16.6 Å². The van der Waals surface area contributed by atoms with Gasteiger partial charge in [-0.1, -0.05) is 6.07 Å². The molecule has 3 aromatic carbocycles. The van der Waals surface area contributed by atoms with E-state index in [4.69, 9.17) is 0 Å². The molecule has 1 atom stereocenters. The molecule has 0 bridgehead atoms. The standard InChI is InChI=1S/C21H3BF14O2/c23-4-2-1-3-5(9(4)24)37-22(8-13(28)17(32)19(34)18(33)14(8)29)38-21(36)7-6(11(26)20(21)35)10(25)15(30)16(31)12(7)27/h1-3H. The number of benzene rings is 3. The van der Waals surface area contributed by atoms with Crippen molar-refractivity contribution in [1.29, 1.82) is 0 Å². The van der Waals surface area contributed by atoms with Crippen molar-refractivity contribution in [2.24, 2.45) is 0 Å². The summed E-state index contributed by atoms with van der Waals surface area (Å²) in [5, 5.41) is 0. The highest BCUT2D eigenvalue weighted by Gasteiger charge is 2.58. The normalized spacial score (nSPS) is 16.8. The molecule has 0 radical (unpaired) electrons. The second-order valence-corrected chi connectivity index (χ2v) is 7.33. The molecular weight excluding hydrogens is 561 g/mol. The molecule has 1 aliphatic rings. The van der Waals surface area contributed by atoms with Crippen LogP contribution in [0.25, 0.3) is 5.83 Å². The summed E-state index contributed by atoms with van der Waals surface area (Å²) in [7, 11) is -3.65. The van der Waals surface area contributed by atoms with Gasteiger partial charge in [-0.3, -0.25) is 0 Å². The lowest BCUT2D eigenvalue weighted by Gasteiger charge is -2.27. The Morgan fingerprint density at radius 1 is 0.579 bits per heavy atom. The van der Waals surface area contributed by atoms with Crippen LogP contribution in [0, 0.1) is 64.0 Å². The minimum atomic E-state index is -5.06. The fourth-order valence-corrected chi connectivity index (χ4v) is 3.42. The first-order valence-corrected chi connectivity index (χ1v) is 9.56. The van der Waals surface area contributed by atoms with Crippen molar-refractivity contribution >= 4 is 18.4 Å². The maximum absolute atomic E-state index is 15.7. The summed E-state index contributed by atoms with van der Waals surface area (Å²) in [6.07, 6.45) is 0. The summed E-state index contributed by atoms with van der Waals surface area (Å²) in [6, 6.07) is 1.47. The monoisotopic (exact) mass is 564 g/mol. The quantitative estimate of drug-likeness (QED) is 0.154. The average Bonchev–Trinajstić information content (AvgIpc) is 3.07. The summed E-state index contributed by atoms with van der Waals surface area (Å²) in [4.78, 5) is 0. The van der Waals surface area contributed by atoms with Crippen molar-refractivity contribution < 1.29 is 70.8 Å². The highest BCUT2D eigenvalue weighted by molar-refractivity contribution is 6.62. The molecule has 0 amide bonds. The maximum Gasteiger partial charge on any atom is 0.571 e. The maximum atomic E-state index is 15.7. The molecule has 0 saturated heterocycles. The zero-order chi connectivity index (χ0) is 28.4. The zero-order valence-electron chi connectivity index (χ0n) is 17.4. The Balaban J connectivity index is 1.99. The number of alkyl halides is 1. The lowest BCUT2D eigenvalue weighted by molar-refractivity contribution is -0.0622. The molecule has 2 nitrogen and oxygen atoms in total. The van der Waals surface area contributed by atoms with Crippen LogP contribution in [0.4, 0.5) is 61.5 Å². The van der Waals surface area contributed by atoms with Crippen LogP contribution in [0.2, 0.25) is 0 Å². The van der Waals surface area contributed by atoms with E-state index in [0.29, 0.717) is 18.2 Å². The van der Waals surface area contributed by atoms with Crippen LogP contribution in [0.3, 0.4) is 0 Å². The molecule has 1 aliphatic carbocycles. The van der Waals surface area contributed by atoms with Crippen LogP contribution in [-0.2, 0) is 10.5 Å². The van der Waals surface area contributed by atoms with E-state index in [1.54, 1.807) is 0 Å². The van der Waals surface area contributed by atoms with Gasteiger partial charge in [0.1, 0.15) is 5.75 Å². The van der Waals surface area contributed by atoms with Crippen molar-refractivity contribution in [2.45, 2.75) is 5.85 Å². The van der Waals surface area contributed by atoms with Gasteiger partial charge < -0.3 is 9.31 Å². The fraction of sp³-hybridized carbons (Fsp3) is 0.0476. The molecule has 0 spiro atoms. The molecule has 0 heterocycles. The molecule has 17 heteroatoms. The average molecular weight is 564 g/mol. The first-order chi connectivity index (χ1) is 17.6. The van der Waals surface area contributed by atoms with Crippen LogP contribution in [0.15, 0.2) is 24.0 Å². The SMILES string of the molecule is FC1=C(F)C(F)(OB(Oc2cccc(F)c2F)c2c(F)c(F)c(F)c(F)c2F)c2c(F)c(F)c(F)c(F)c21. The Labute approximate surface area is 200 Å². The third-order valence-corrected chi connectivity index (χ3v) is 5.18. The fourth-order valence-electron chi connectivity index (χ4n) is 3.42. The van der Waals surface area contributed by atoms with Gasteiger partial charge in [-0.25, -0.2) is 52.7 Å². The van der Waals surface area contributed by atoms with Crippen molar-refractivity contribution in [1.82, 2.24) is 0 Å². The Morgan fingerprint density at radius 3 is 1.66 bits per heavy atom. The third-order valence-electron chi connectivity index (χ3n) is 5.18. The van der Waals surface area contributed by atoms with Gasteiger partial charge >= 0.3 is 7.12 Å². The predicted molar refractivity (Wildman–Crippen MR) is 97.9 cm³/mol. The Kier molecular flexibility index (Phi) is 6.62. The molecule has 0 saturated carbocycles. The summed E-state index contributed by atoms with van der Waals surface area (Å²) >= 11 is 0. The molecule has 200 valence electrons. The summed E-state index contributed by atoms with van der Waals surface area (Å²) in [6.45, 7) is 0. The van der Waals surface area contributed by atoms with E-state index in [9.17, 15) is 57.1 Å². The molecule has 0 fully saturated rings. The number of hydrogen-bond donors (Lipinski definition) is 0. The predicted octanol–water partition coefficient (Wildman–Crippen LogP) is 6.45. The Hall–Kier alpha value is -3.76. The Bertz CT molecular complexity index is 1510. The summed E-state index contributed by atoms with van der Waals surface area (Å²) < 4.78 is 207. The van der Waals surface area contributed by atoms with Crippen LogP contribution in [0.1, 0.15) is 11.1 Å². The van der Waals surface area contributed by atoms with Gasteiger partial charge in [0.25, 0.3) is 5.85 Å². The van der Waals surface area contributed by atoms with E-state index in [0.717, 1.165) is 0 Å². The molecule has 0 aromatic heterocycles. The second kappa shape index (κ2) is 9.22. The smallest absolute Gasteiger partial charge is 0.530 e. The number of rotatable bonds is 5. The van der Waals surface area contributed by atoms with Gasteiger partial charge in [-0.15, -0.1) is 0 Å². The van der Waals surface area contributed by atoms with Gasteiger partial charge in [0.2, 0.25) is 5.83 Å². The minimum Gasteiger partial charge on any atom is -0.530 e. The van der Waals surface area contributed by atoms with Crippen LogP contribution in [0.5, 0.6) is 5.75 Å². The van der Waals surface area contributed by atoms with Crippen molar-refractivity contribution in [3.8, 4) is 5.75 Å². The largest absolute Gasteiger partial charge is 0.571 e. The second-order valence-electron chi connectivity index (χ2n) is 7.33. The lowest BCUT2D eigenvalue weighted by Crippen LogP contribution is -2.49. The molecule has 4 rings (SSSR count). The van der Waals surface area contributed by atoms with Crippen molar-refractivity contribution in [3.63, 3.8) is 0 Å². The van der Waals surface area contributed by atoms with Gasteiger partial charge in [0.15, 0.2) is 69.8 Å². The van der Waals surface area contributed by atoms with Gasteiger partial charge in [-0.05, 0) is 12.1 Å². The van der Waals surface area contributed by atoms with Crippen LogP contribution < -0.4 is 10.1 Å². The molecule has 0 aliphatic heterocycles. The molecule has 38 heavy (non-hydrogen) atoms. The summed E-state index contributed by atoms with van der Waals surface area (Å²) in [5.74, 6) is -41.6. The highest BCUT2D eigenvalue weighted by atomic mass is 19.2. The van der Waals surface area contributed by atoms with E-state index in [2.05, 4.69) is 9.31 Å². The van der Waals surface area contributed by atoms with E-state index in [1.807, 2.05) is 0 Å². The molecule has 0 N–H and O–H groups in total. The van der Waals surface area contributed by atoms with E-state index >= 15 is 4.39 Å². The molecule has 1 unspecified atom stereocenters. The van der Waals surface area contributed by atoms with Crippen molar-refractivity contribution in [2.75, 3.05) is 0 Å². The number of halogens is 14. The first kappa shape index (κ1) is 27.3. The summed E-state index contributed by atoms with van der Waals surface area (Å²) in [5.41, 5.74) is -7.09. The van der Waals surface area contributed by atoms with Gasteiger partial charge in [-0.2, -0.15) is 8.78 Å². The number of hydrogen-bond acceptors (Lipinski definition) is 2. The zero-order valence-corrected chi connectivity index (χ0v) is 17.4. The topological polar surface area (TPSA) is 18.5 Å². The van der Waals surface area contributed by atoms with Crippen LogP contribution in [-0.4, -0.2) is 7.12 Å². The van der Waals surface area contributed by atoms with Crippen molar-refractivity contribution in [3.05, 3.63) is 99.1 Å². The number of fused-ring (bicyclic) bond motifs is 1. The first-order valence-electron chi connectivity index (χ1n) is 9.56. The minimum absolute atomic E-state index is 0.413. The van der Waals surface area contributed by atoms with E-state index in [-0.39, 0.29) is 0 Å². The lowest BCUT2D eigenvalue weighted by atomic mass is 9.76. The molecule has 3 aromatic rings. The van der Waals surface area contributed by atoms with Crippen LogP contribution >= 0.6 is 0 Å². The third kappa shape index (κ3) is 3.78. The molecular formula is C21H3BF14O2. The Morgan fingerprint density at radius 2 is 1.08 bits per heavy atom.